The number of aromatic nitrogens is 2. The van der Waals surface area contributed by atoms with E-state index in [-0.39, 0.29) is 11.5 Å². The number of nitrogens with one attached hydrogen (secondary N) is 1. The zero-order valence-corrected chi connectivity index (χ0v) is 9.87. The van der Waals surface area contributed by atoms with Gasteiger partial charge in [-0.1, -0.05) is 12.1 Å². The van der Waals surface area contributed by atoms with E-state index in [9.17, 15) is 4.79 Å². The van der Waals surface area contributed by atoms with Crippen molar-refractivity contribution >= 4 is 11.5 Å². The number of Topliss-reactive ketones (excluding diaryl/α,β-unsaturated/α-hetero) is 1. The van der Waals surface area contributed by atoms with Crippen molar-refractivity contribution in [2.24, 2.45) is 5.10 Å². The third-order valence-corrected chi connectivity index (χ3v) is 2.24. The number of carbonyl (C=O) groups excluding carboxylic acids is 1. The second kappa shape index (κ2) is 5.67. The van der Waals surface area contributed by atoms with Gasteiger partial charge in [-0.15, -0.1) is 0 Å². The van der Waals surface area contributed by atoms with E-state index in [4.69, 9.17) is 0 Å². The topological polar surface area (TPSA) is 67.2 Å². The highest BCUT2D eigenvalue weighted by Gasteiger charge is 2.18. The lowest BCUT2D eigenvalue weighted by Crippen LogP contribution is -2.21. The van der Waals surface area contributed by atoms with E-state index in [2.05, 4.69) is 20.5 Å². The zero-order valence-electron chi connectivity index (χ0n) is 9.87. The maximum absolute atomic E-state index is 12.3. The van der Waals surface area contributed by atoms with Gasteiger partial charge in [0.1, 0.15) is 5.69 Å². The molecule has 2 heterocycles. The molecule has 0 bridgehead atoms. The fourth-order valence-corrected chi connectivity index (χ4v) is 1.46. The monoisotopic (exact) mass is 240 g/mol. The van der Waals surface area contributed by atoms with E-state index >= 15 is 0 Å². The predicted molar refractivity (Wildman–Crippen MR) is 68.4 cm³/mol. The summed E-state index contributed by atoms with van der Waals surface area (Å²) in [4.78, 5) is 20.4. The number of nitrogens with zero attached hydrogens (tertiary/aromatic N) is 3. The lowest BCUT2D eigenvalue weighted by Gasteiger charge is -2.04. The van der Waals surface area contributed by atoms with Crippen LogP contribution in [0.5, 0.6) is 0 Å². The van der Waals surface area contributed by atoms with Crippen LogP contribution in [-0.2, 0) is 0 Å². The van der Waals surface area contributed by atoms with E-state index < -0.39 is 0 Å². The quantitative estimate of drug-likeness (QED) is 0.496. The van der Waals surface area contributed by atoms with E-state index in [1.54, 1.807) is 55.8 Å². The van der Waals surface area contributed by atoms with Crippen molar-refractivity contribution in [2.75, 3.05) is 7.05 Å². The van der Waals surface area contributed by atoms with Crippen LogP contribution >= 0.6 is 0 Å². The molecule has 0 amide bonds. The second-order valence-electron chi connectivity index (χ2n) is 3.44. The second-order valence-corrected chi connectivity index (χ2v) is 3.44. The molecule has 0 radical (unpaired) electrons. The third kappa shape index (κ3) is 2.57. The molecule has 0 fully saturated rings. The molecule has 0 spiro atoms. The molecule has 90 valence electrons. The van der Waals surface area contributed by atoms with Gasteiger partial charge in [0, 0.05) is 19.4 Å². The van der Waals surface area contributed by atoms with Gasteiger partial charge in [0.2, 0.25) is 5.78 Å². The first-order chi connectivity index (χ1) is 8.83. The first-order valence-corrected chi connectivity index (χ1v) is 5.44. The largest absolute Gasteiger partial charge is 0.312 e. The molecule has 0 saturated carbocycles. The van der Waals surface area contributed by atoms with Gasteiger partial charge in [-0.25, -0.2) is 0 Å². The number of hydrazone groups is 1. The van der Waals surface area contributed by atoms with Crippen molar-refractivity contribution in [3.8, 4) is 0 Å². The molecule has 5 nitrogen and oxygen atoms in total. The van der Waals surface area contributed by atoms with Crippen LogP contribution < -0.4 is 5.43 Å². The SMILES string of the molecule is CN/N=C(\C(=O)c1ccccn1)c1ccccn1. The van der Waals surface area contributed by atoms with E-state index in [1.165, 1.54) is 0 Å². The van der Waals surface area contributed by atoms with Crippen LogP contribution in [0.4, 0.5) is 0 Å². The summed E-state index contributed by atoms with van der Waals surface area (Å²) in [5, 5.41) is 3.99. The number of pyridine rings is 2. The van der Waals surface area contributed by atoms with Crippen molar-refractivity contribution in [3.63, 3.8) is 0 Å². The summed E-state index contributed by atoms with van der Waals surface area (Å²) in [6.07, 6.45) is 3.19. The Balaban J connectivity index is 2.39. The summed E-state index contributed by atoms with van der Waals surface area (Å²) in [6.45, 7) is 0. The number of hydrogen-bond donors (Lipinski definition) is 1. The molecule has 0 unspecified atom stereocenters. The highest BCUT2D eigenvalue weighted by atomic mass is 16.1. The maximum Gasteiger partial charge on any atom is 0.233 e. The van der Waals surface area contributed by atoms with Crippen molar-refractivity contribution in [1.82, 2.24) is 15.4 Å². The molecule has 0 saturated heterocycles. The third-order valence-electron chi connectivity index (χ3n) is 2.24. The Kier molecular flexibility index (Phi) is 3.76. The number of carbonyl (C=O) groups is 1. The first-order valence-electron chi connectivity index (χ1n) is 5.44. The van der Waals surface area contributed by atoms with Crippen LogP contribution in [0.25, 0.3) is 0 Å². The standard InChI is InChI=1S/C13H12N4O/c1-14-17-12(10-6-2-4-8-15-10)13(18)11-7-3-5-9-16-11/h2-9,14H,1H3/b17-12-. The molecule has 1 N–H and O–H groups in total. The van der Waals surface area contributed by atoms with Gasteiger partial charge in [-0.2, -0.15) is 5.10 Å². The molecule has 0 aliphatic rings. The van der Waals surface area contributed by atoms with Crippen LogP contribution in [0, 0.1) is 0 Å². The van der Waals surface area contributed by atoms with Gasteiger partial charge in [0.05, 0.1) is 5.69 Å². The van der Waals surface area contributed by atoms with Gasteiger partial charge in [0.25, 0.3) is 0 Å². The van der Waals surface area contributed by atoms with Gasteiger partial charge in [-0.3, -0.25) is 14.8 Å². The van der Waals surface area contributed by atoms with Crippen molar-refractivity contribution < 1.29 is 4.79 Å². The average molecular weight is 240 g/mol. The van der Waals surface area contributed by atoms with Gasteiger partial charge in [0.15, 0.2) is 5.71 Å². The number of rotatable bonds is 4. The minimum atomic E-state index is -0.261. The molecule has 2 aromatic rings. The molecule has 2 rings (SSSR count). The first kappa shape index (κ1) is 11.9. The Hall–Kier alpha value is -2.56. The number of hydrogen-bond acceptors (Lipinski definition) is 5. The highest BCUT2D eigenvalue weighted by Crippen LogP contribution is 2.04. The lowest BCUT2D eigenvalue weighted by atomic mass is 10.1. The van der Waals surface area contributed by atoms with Crippen LogP contribution in [-0.4, -0.2) is 28.5 Å². The maximum atomic E-state index is 12.3. The number of ketones is 1. The normalized spacial score (nSPS) is 11.1. The lowest BCUT2D eigenvalue weighted by molar-refractivity contribution is 0.106. The molecule has 0 atom stereocenters. The van der Waals surface area contributed by atoms with Gasteiger partial charge < -0.3 is 5.43 Å². The zero-order chi connectivity index (χ0) is 12.8. The molecule has 2 aromatic heterocycles. The minimum Gasteiger partial charge on any atom is -0.312 e. The summed E-state index contributed by atoms with van der Waals surface area (Å²) in [6, 6.07) is 10.5. The van der Waals surface area contributed by atoms with Gasteiger partial charge in [-0.05, 0) is 24.3 Å². The predicted octanol–water partition coefficient (Wildman–Crippen LogP) is 1.28. The molecule has 0 aromatic carbocycles. The van der Waals surface area contributed by atoms with E-state index in [1.807, 2.05) is 0 Å². The van der Waals surface area contributed by atoms with Gasteiger partial charge >= 0.3 is 0 Å². The van der Waals surface area contributed by atoms with E-state index in [0.29, 0.717) is 11.4 Å². The highest BCUT2D eigenvalue weighted by molar-refractivity contribution is 6.50. The summed E-state index contributed by atoms with van der Waals surface area (Å²) >= 11 is 0. The molecular weight excluding hydrogens is 228 g/mol. The summed E-state index contributed by atoms with van der Waals surface area (Å²) in [7, 11) is 1.63. The van der Waals surface area contributed by atoms with Crippen LogP contribution in [0.15, 0.2) is 53.9 Å². The smallest absolute Gasteiger partial charge is 0.233 e. The Morgan fingerprint density at radius 1 is 1.06 bits per heavy atom. The Labute approximate surface area is 105 Å². The summed E-state index contributed by atoms with van der Waals surface area (Å²) in [5.41, 5.74) is 3.72. The Bertz CT molecular complexity index is 552. The Morgan fingerprint density at radius 2 is 1.67 bits per heavy atom. The fourth-order valence-electron chi connectivity index (χ4n) is 1.46. The van der Waals surface area contributed by atoms with Crippen LogP contribution in [0.3, 0.4) is 0 Å². The van der Waals surface area contributed by atoms with Crippen LogP contribution in [0.2, 0.25) is 0 Å². The molecule has 0 aliphatic carbocycles. The van der Waals surface area contributed by atoms with Crippen LogP contribution in [0.1, 0.15) is 16.2 Å². The summed E-state index contributed by atoms with van der Waals surface area (Å²) < 4.78 is 0. The summed E-state index contributed by atoms with van der Waals surface area (Å²) in [5.74, 6) is -0.261. The molecule has 0 aliphatic heterocycles. The Morgan fingerprint density at radius 3 is 2.17 bits per heavy atom. The van der Waals surface area contributed by atoms with Crippen molar-refractivity contribution in [2.45, 2.75) is 0 Å². The minimum absolute atomic E-state index is 0.247. The fraction of sp³-hybridized carbons (Fsp3) is 0.0769. The average Bonchev–Trinajstić information content (AvgIpc) is 2.46. The van der Waals surface area contributed by atoms with Crippen molar-refractivity contribution in [3.05, 3.63) is 60.2 Å². The molecule has 18 heavy (non-hydrogen) atoms. The molecular formula is C13H12N4O. The van der Waals surface area contributed by atoms with E-state index in [0.717, 1.165) is 0 Å². The molecule has 5 heteroatoms. The van der Waals surface area contributed by atoms with Crippen molar-refractivity contribution in [1.29, 1.82) is 0 Å².